The van der Waals surface area contributed by atoms with E-state index in [0.29, 0.717) is 0 Å². The van der Waals surface area contributed by atoms with Crippen LogP contribution in [0, 0.1) is 13.8 Å². The average molecular weight is 229 g/mol. The van der Waals surface area contributed by atoms with E-state index in [1.807, 2.05) is 19.3 Å². The number of hydrogen-bond acceptors (Lipinski definition) is 2. The summed E-state index contributed by atoms with van der Waals surface area (Å²) in [4.78, 5) is 0. The molecule has 0 radical (unpaired) electrons. The number of hydrogen-bond donors (Lipinski definition) is 1. The van der Waals surface area contributed by atoms with Crippen molar-refractivity contribution in [3.8, 4) is 0 Å². The molecule has 0 aliphatic heterocycles. The zero-order valence-corrected chi connectivity index (χ0v) is 10.6. The topological polar surface area (TPSA) is 43.8 Å². The van der Waals surface area contributed by atoms with Crippen LogP contribution in [0.1, 0.15) is 28.4 Å². The number of aromatic nitrogens is 2. The van der Waals surface area contributed by atoms with Crippen LogP contribution >= 0.6 is 0 Å². The van der Waals surface area contributed by atoms with Gasteiger partial charge >= 0.3 is 0 Å². The summed E-state index contributed by atoms with van der Waals surface area (Å²) in [5.74, 6) is 0. The molecule has 2 rings (SSSR count). The molecule has 0 bridgehead atoms. The van der Waals surface area contributed by atoms with Gasteiger partial charge < -0.3 is 5.73 Å². The fourth-order valence-electron chi connectivity index (χ4n) is 1.99. The van der Waals surface area contributed by atoms with Gasteiger partial charge in [0.05, 0.1) is 11.7 Å². The van der Waals surface area contributed by atoms with E-state index >= 15 is 0 Å². The van der Waals surface area contributed by atoms with Crippen molar-refractivity contribution < 1.29 is 0 Å². The van der Waals surface area contributed by atoms with Gasteiger partial charge in [-0.1, -0.05) is 23.8 Å². The average Bonchev–Trinajstić information content (AvgIpc) is 2.70. The third kappa shape index (κ3) is 2.74. The standard InChI is InChI=1S/C14H19N3/c1-10-4-5-11(2)12(8-10)9-13(15)14-6-7-17(3)16-14/h4-8,13H,9,15H2,1-3H3. The number of nitrogens with two attached hydrogens (primary N) is 1. The van der Waals surface area contributed by atoms with Crippen LogP contribution in [0.15, 0.2) is 30.5 Å². The molecule has 3 heteroatoms. The highest BCUT2D eigenvalue weighted by Gasteiger charge is 2.11. The van der Waals surface area contributed by atoms with E-state index in [-0.39, 0.29) is 6.04 Å². The van der Waals surface area contributed by atoms with Gasteiger partial charge in [-0.15, -0.1) is 0 Å². The minimum Gasteiger partial charge on any atom is -0.322 e. The number of aryl methyl sites for hydroxylation is 3. The Morgan fingerprint density at radius 2 is 2.06 bits per heavy atom. The number of nitrogens with zero attached hydrogens (tertiary/aromatic N) is 2. The molecule has 3 nitrogen and oxygen atoms in total. The Balaban J connectivity index is 2.18. The fraction of sp³-hybridized carbons (Fsp3) is 0.357. The fourth-order valence-corrected chi connectivity index (χ4v) is 1.99. The van der Waals surface area contributed by atoms with Gasteiger partial charge in [-0.25, -0.2) is 0 Å². The molecule has 0 saturated heterocycles. The Morgan fingerprint density at radius 1 is 1.29 bits per heavy atom. The first kappa shape index (κ1) is 11.9. The molecule has 0 spiro atoms. The van der Waals surface area contributed by atoms with Gasteiger partial charge in [0.25, 0.3) is 0 Å². The van der Waals surface area contributed by atoms with Gasteiger partial charge in [-0.3, -0.25) is 4.68 Å². The molecule has 90 valence electrons. The molecule has 0 saturated carbocycles. The van der Waals surface area contributed by atoms with Crippen molar-refractivity contribution in [2.75, 3.05) is 0 Å². The Morgan fingerprint density at radius 3 is 2.71 bits per heavy atom. The van der Waals surface area contributed by atoms with Crippen molar-refractivity contribution >= 4 is 0 Å². The molecule has 1 atom stereocenters. The quantitative estimate of drug-likeness (QED) is 0.877. The van der Waals surface area contributed by atoms with Gasteiger partial charge in [-0.05, 0) is 37.5 Å². The maximum atomic E-state index is 6.18. The van der Waals surface area contributed by atoms with Gasteiger partial charge in [-0.2, -0.15) is 5.10 Å². The lowest BCUT2D eigenvalue weighted by atomic mass is 9.98. The van der Waals surface area contributed by atoms with E-state index in [1.165, 1.54) is 16.7 Å². The molecular weight excluding hydrogens is 210 g/mol. The maximum absolute atomic E-state index is 6.18. The van der Waals surface area contributed by atoms with E-state index in [0.717, 1.165) is 12.1 Å². The Hall–Kier alpha value is -1.61. The van der Waals surface area contributed by atoms with Crippen LogP contribution in [0.4, 0.5) is 0 Å². The molecular formula is C14H19N3. The summed E-state index contributed by atoms with van der Waals surface area (Å²) in [6.07, 6.45) is 2.77. The van der Waals surface area contributed by atoms with Crippen LogP contribution in [0.5, 0.6) is 0 Å². The summed E-state index contributed by atoms with van der Waals surface area (Å²) in [5.41, 5.74) is 11.0. The monoisotopic (exact) mass is 229 g/mol. The molecule has 1 unspecified atom stereocenters. The molecule has 0 fully saturated rings. The van der Waals surface area contributed by atoms with Crippen LogP contribution in [-0.4, -0.2) is 9.78 Å². The lowest BCUT2D eigenvalue weighted by Crippen LogP contribution is -2.15. The van der Waals surface area contributed by atoms with Crippen molar-refractivity contribution in [2.24, 2.45) is 12.8 Å². The highest BCUT2D eigenvalue weighted by atomic mass is 15.3. The third-order valence-corrected chi connectivity index (χ3v) is 3.06. The van der Waals surface area contributed by atoms with E-state index in [9.17, 15) is 0 Å². The van der Waals surface area contributed by atoms with E-state index in [4.69, 9.17) is 5.73 Å². The summed E-state index contributed by atoms with van der Waals surface area (Å²) >= 11 is 0. The van der Waals surface area contributed by atoms with E-state index in [1.54, 1.807) is 4.68 Å². The molecule has 1 aromatic carbocycles. The Kier molecular flexibility index (Phi) is 3.29. The molecule has 1 heterocycles. The van der Waals surface area contributed by atoms with Crippen molar-refractivity contribution in [3.05, 3.63) is 52.8 Å². The highest BCUT2D eigenvalue weighted by molar-refractivity contribution is 5.31. The van der Waals surface area contributed by atoms with Crippen LogP contribution in [0.25, 0.3) is 0 Å². The lowest BCUT2D eigenvalue weighted by molar-refractivity contribution is 0.655. The largest absolute Gasteiger partial charge is 0.322 e. The summed E-state index contributed by atoms with van der Waals surface area (Å²) in [7, 11) is 1.91. The smallest absolute Gasteiger partial charge is 0.0795 e. The van der Waals surface area contributed by atoms with Crippen LogP contribution in [0.2, 0.25) is 0 Å². The van der Waals surface area contributed by atoms with Crippen LogP contribution in [0.3, 0.4) is 0 Å². The molecule has 1 aromatic heterocycles. The van der Waals surface area contributed by atoms with Crippen molar-refractivity contribution in [2.45, 2.75) is 26.3 Å². The molecule has 17 heavy (non-hydrogen) atoms. The second-order valence-corrected chi connectivity index (χ2v) is 4.65. The van der Waals surface area contributed by atoms with Gasteiger partial charge in [0, 0.05) is 13.2 Å². The lowest BCUT2D eigenvalue weighted by Gasteiger charge is -2.12. The molecule has 0 amide bonds. The highest BCUT2D eigenvalue weighted by Crippen LogP contribution is 2.18. The molecule has 2 aromatic rings. The van der Waals surface area contributed by atoms with Crippen molar-refractivity contribution in [3.63, 3.8) is 0 Å². The van der Waals surface area contributed by atoms with E-state index < -0.39 is 0 Å². The van der Waals surface area contributed by atoms with Crippen LogP contribution < -0.4 is 5.73 Å². The number of benzene rings is 1. The van der Waals surface area contributed by atoms with E-state index in [2.05, 4.69) is 37.1 Å². The predicted molar refractivity (Wildman–Crippen MR) is 69.8 cm³/mol. The minimum absolute atomic E-state index is 0.0308. The second-order valence-electron chi connectivity index (χ2n) is 4.65. The zero-order valence-electron chi connectivity index (χ0n) is 10.6. The normalized spacial score (nSPS) is 12.7. The second kappa shape index (κ2) is 4.72. The van der Waals surface area contributed by atoms with Gasteiger partial charge in [0.1, 0.15) is 0 Å². The zero-order chi connectivity index (χ0) is 12.4. The summed E-state index contributed by atoms with van der Waals surface area (Å²) in [6, 6.07) is 8.44. The van der Waals surface area contributed by atoms with Gasteiger partial charge in [0.2, 0.25) is 0 Å². The first-order valence-electron chi connectivity index (χ1n) is 5.87. The predicted octanol–water partition coefficient (Wildman–Crippen LogP) is 2.28. The SMILES string of the molecule is Cc1ccc(C)c(CC(N)c2ccn(C)n2)c1. The van der Waals surface area contributed by atoms with Crippen molar-refractivity contribution in [1.82, 2.24) is 9.78 Å². The first-order valence-corrected chi connectivity index (χ1v) is 5.87. The Bertz CT molecular complexity index is 514. The summed E-state index contributed by atoms with van der Waals surface area (Å²) in [5, 5.41) is 4.35. The Labute approximate surface area is 102 Å². The van der Waals surface area contributed by atoms with Crippen LogP contribution in [-0.2, 0) is 13.5 Å². The third-order valence-electron chi connectivity index (χ3n) is 3.06. The molecule has 2 N–H and O–H groups in total. The minimum atomic E-state index is -0.0308. The van der Waals surface area contributed by atoms with Crippen molar-refractivity contribution in [1.29, 1.82) is 0 Å². The summed E-state index contributed by atoms with van der Waals surface area (Å²) < 4.78 is 1.79. The first-order chi connectivity index (χ1) is 8.06. The maximum Gasteiger partial charge on any atom is 0.0795 e. The molecule has 0 aliphatic carbocycles. The molecule has 0 aliphatic rings. The van der Waals surface area contributed by atoms with Gasteiger partial charge in [0.15, 0.2) is 0 Å². The summed E-state index contributed by atoms with van der Waals surface area (Å²) in [6.45, 7) is 4.23. The number of rotatable bonds is 3.